The van der Waals surface area contributed by atoms with Crippen molar-refractivity contribution in [2.75, 3.05) is 13.1 Å². The highest BCUT2D eigenvalue weighted by Gasteiger charge is 2.24. The number of nitrogens with zero attached hydrogens (tertiary/aromatic N) is 1. The second kappa shape index (κ2) is 8.46. The predicted octanol–water partition coefficient (Wildman–Crippen LogP) is 5.45. The SMILES string of the molecule is CC.Cc1cccc(C(C)N2CCC(C(C)C)CC2)c1. The Morgan fingerprint density at radius 2 is 1.65 bits per heavy atom. The zero-order valence-corrected chi connectivity index (χ0v) is 14.3. The maximum Gasteiger partial charge on any atom is 0.0319 e. The molecule has 1 heteroatoms. The van der Waals surface area contributed by atoms with E-state index < -0.39 is 0 Å². The van der Waals surface area contributed by atoms with Gasteiger partial charge >= 0.3 is 0 Å². The number of likely N-dealkylation sites (tertiary alicyclic amines) is 1. The van der Waals surface area contributed by atoms with Gasteiger partial charge in [-0.2, -0.15) is 0 Å². The molecule has 114 valence electrons. The van der Waals surface area contributed by atoms with E-state index in [1.54, 1.807) is 0 Å². The van der Waals surface area contributed by atoms with Gasteiger partial charge in [-0.05, 0) is 57.2 Å². The summed E-state index contributed by atoms with van der Waals surface area (Å²) < 4.78 is 0. The molecule has 0 aliphatic carbocycles. The van der Waals surface area contributed by atoms with E-state index >= 15 is 0 Å². The van der Waals surface area contributed by atoms with Crippen molar-refractivity contribution in [2.24, 2.45) is 11.8 Å². The van der Waals surface area contributed by atoms with Crippen molar-refractivity contribution in [1.82, 2.24) is 4.90 Å². The Morgan fingerprint density at radius 3 is 2.15 bits per heavy atom. The lowest BCUT2D eigenvalue weighted by molar-refractivity contribution is 0.122. The van der Waals surface area contributed by atoms with Gasteiger partial charge in [-0.25, -0.2) is 0 Å². The van der Waals surface area contributed by atoms with Crippen LogP contribution in [0.1, 0.15) is 64.6 Å². The second-order valence-corrected chi connectivity index (χ2v) is 6.21. The Hall–Kier alpha value is -0.820. The van der Waals surface area contributed by atoms with Gasteiger partial charge in [-0.1, -0.05) is 57.5 Å². The first-order valence-corrected chi connectivity index (χ1v) is 8.38. The molecule has 1 aromatic carbocycles. The Labute approximate surface area is 126 Å². The van der Waals surface area contributed by atoms with E-state index in [1.165, 1.54) is 37.1 Å². The zero-order valence-electron chi connectivity index (χ0n) is 14.3. The van der Waals surface area contributed by atoms with Crippen LogP contribution in [0.5, 0.6) is 0 Å². The van der Waals surface area contributed by atoms with Crippen LogP contribution in [0.3, 0.4) is 0 Å². The van der Waals surface area contributed by atoms with Gasteiger partial charge in [-0.3, -0.25) is 4.90 Å². The molecule has 1 fully saturated rings. The van der Waals surface area contributed by atoms with Crippen LogP contribution in [0.25, 0.3) is 0 Å². The Bertz CT molecular complexity index is 375. The number of hydrogen-bond donors (Lipinski definition) is 0. The average molecular weight is 275 g/mol. The molecular weight excluding hydrogens is 242 g/mol. The molecule has 0 radical (unpaired) electrons. The van der Waals surface area contributed by atoms with Gasteiger partial charge in [0, 0.05) is 6.04 Å². The largest absolute Gasteiger partial charge is 0.297 e. The van der Waals surface area contributed by atoms with Crippen molar-refractivity contribution >= 4 is 0 Å². The van der Waals surface area contributed by atoms with Gasteiger partial charge in [0.15, 0.2) is 0 Å². The summed E-state index contributed by atoms with van der Waals surface area (Å²) in [6, 6.07) is 9.53. The van der Waals surface area contributed by atoms with Crippen LogP contribution in [-0.4, -0.2) is 18.0 Å². The fourth-order valence-corrected chi connectivity index (χ4v) is 3.11. The van der Waals surface area contributed by atoms with Crippen molar-refractivity contribution in [1.29, 1.82) is 0 Å². The minimum atomic E-state index is 0.568. The van der Waals surface area contributed by atoms with Gasteiger partial charge in [0.25, 0.3) is 0 Å². The fourth-order valence-electron chi connectivity index (χ4n) is 3.11. The summed E-state index contributed by atoms with van der Waals surface area (Å²) in [5.41, 5.74) is 2.84. The molecule has 1 heterocycles. The number of piperidine rings is 1. The first kappa shape index (κ1) is 17.2. The molecule has 0 bridgehead atoms. The monoisotopic (exact) mass is 275 g/mol. The minimum Gasteiger partial charge on any atom is -0.297 e. The normalized spacial score (nSPS) is 18.6. The highest BCUT2D eigenvalue weighted by Crippen LogP contribution is 2.30. The van der Waals surface area contributed by atoms with Gasteiger partial charge in [-0.15, -0.1) is 0 Å². The number of benzene rings is 1. The lowest BCUT2D eigenvalue weighted by atomic mass is 9.86. The molecule has 1 aliphatic rings. The quantitative estimate of drug-likeness (QED) is 0.709. The molecule has 1 unspecified atom stereocenters. The van der Waals surface area contributed by atoms with Gasteiger partial charge in [0.2, 0.25) is 0 Å². The second-order valence-electron chi connectivity index (χ2n) is 6.21. The topological polar surface area (TPSA) is 3.24 Å². The molecular formula is C19H33N. The zero-order chi connectivity index (χ0) is 15.1. The number of rotatable bonds is 3. The highest BCUT2D eigenvalue weighted by atomic mass is 15.2. The molecule has 1 aromatic rings. The molecule has 0 spiro atoms. The van der Waals surface area contributed by atoms with E-state index in [0.29, 0.717) is 6.04 Å². The van der Waals surface area contributed by atoms with E-state index in [4.69, 9.17) is 0 Å². The fraction of sp³-hybridized carbons (Fsp3) is 0.684. The summed E-state index contributed by atoms with van der Waals surface area (Å²) in [7, 11) is 0. The first-order chi connectivity index (χ1) is 9.58. The van der Waals surface area contributed by atoms with Crippen LogP contribution in [-0.2, 0) is 0 Å². The summed E-state index contributed by atoms with van der Waals surface area (Å²) in [5.74, 6) is 1.78. The molecule has 0 N–H and O–H groups in total. The molecule has 0 aromatic heterocycles. The van der Waals surface area contributed by atoms with Crippen LogP contribution < -0.4 is 0 Å². The minimum absolute atomic E-state index is 0.568. The molecule has 1 saturated heterocycles. The third kappa shape index (κ3) is 4.63. The molecule has 1 aliphatic heterocycles. The molecule has 1 atom stereocenters. The first-order valence-electron chi connectivity index (χ1n) is 8.38. The van der Waals surface area contributed by atoms with Crippen molar-refractivity contribution in [2.45, 2.75) is 60.4 Å². The summed E-state index contributed by atoms with van der Waals surface area (Å²) in [4.78, 5) is 2.65. The van der Waals surface area contributed by atoms with Gasteiger partial charge in [0.1, 0.15) is 0 Å². The van der Waals surface area contributed by atoms with Crippen LogP contribution in [0.15, 0.2) is 24.3 Å². The Morgan fingerprint density at radius 1 is 1.05 bits per heavy atom. The van der Waals surface area contributed by atoms with Crippen molar-refractivity contribution < 1.29 is 0 Å². The standard InChI is InChI=1S/C17H27N.C2H6/c1-13(2)16-8-10-18(11-9-16)15(4)17-7-5-6-14(3)12-17;1-2/h5-7,12-13,15-16H,8-11H2,1-4H3;1-2H3. The summed E-state index contributed by atoms with van der Waals surface area (Å²) in [5, 5.41) is 0. The van der Waals surface area contributed by atoms with E-state index in [9.17, 15) is 0 Å². The number of hydrogen-bond acceptors (Lipinski definition) is 1. The van der Waals surface area contributed by atoms with Crippen molar-refractivity contribution in [3.05, 3.63) is 35.4 Å². The molecule has 2 rings (SSSR count). The highest BCUT2D eigenvalue weighted by molar-refractivity contribution is 5.24. The summed E-state index contributed by atoms with van der Waals surface area (Å²) in [6.07, 6.45) is 2.74. The lowest BCUT2D eigenvalue weighted by Gasteiger charge is -2.37. The van der Waals surface area contributed by atoms with Gasteiger partial charge in [0.05, 0.1) is 0 Å². The van der Waals surface area contributed by atoms with Gasteiger partial charge < -0.3 is 0 Å². The van der Waals surface area contributed by atoms with Crippen LogP contribution in [0, 0.1) is 18.8 Å². The van der Waals surface area contributed by atoms with Crippen LogP contribution in [0.2, 0.25) is 0 Å². The van der Waals surface area contributed by atoms with Crippen molar-refractivity contribution in [3.8, 4) is 0 Å². The maximum absolute atomic E-state index is 2.65. The predicted molar refractivity (Wildman–Crippen MR) is 90.1 cm³/mol. The molecule has 20 heavy (non-hydrogen) atoms. The third-order valence-corrected chi connectivity index (χ3v) is 4.59. The van der Waals surface area contributed by atoms with Crippen LogP contribution in [0.4, 0.5) is 0 Å². The summed E-state index contributed by atoms with van der Waals surface area (Å²) >= 11 is 0. The van der Waals surface area contributed by atoms with E-state index in [1.807, 2.05) is 13.8 Å². The molecule has 0 saturated carbocycles. The van der Waals surface area contributed by atoms with Crippen LogP contribution >= 0.6 is 0 Å². The lowest BCUT2D eigenvalue weighted by Crippen LogP contribution is -2.36. The third-order valence-electron chi connectivity index (χ3n) is 4.59. The smallest absolute Gasteiger partial charge is 0.0319 e. The van der Waals surface area contributed by atoms with E-state index in [2.05, 4.69) is 56.9 Å². The average Bonchev–Trinajstić information content (AvgIpc) is 2.48. The maximum atomic E-state index is 2.65. The molecule has 1 nitrogen and oxygen atoms in total. The van der Waals surface area contributed by atoms with Crippen molar-refractivity contribution in [3.63, 3.8) is 0 Å². The molecule has 0 amide bonds. The van der Waals surface area contributed by atoms with E-state index in [-0.39, 0.29) is 0 Å². The summed E-state index contributed by atoms with van der Waals surface area (Å²) in [6.45, 7) is 15.8. The Balaban J connectivity index is 0.000000956. The Kier molecular flexibility index (Phi) is 7.29. The van der Waals surface area contributed by atoms with E-state index in [0.717, 1.165) is 11.8 Å². The number of aryl methyl sites for hydroxylation is 1.